The summed E-state index contributed by atoms with van der Waals surface area (Å²) >= 11 is 0. The second-order valence-corrected chi connectivity index (χ2v) is 4.88. The molecule has 0 bridgehead atoms. The van der Waals surface area contributed by atoms with Crippen LogP contribution in [0.1, 0.15) is 48.0 Å². The number of hydrogen-bond acceptors (Lipinski definition) is 1. The van der Waals surface area contributed by atoms with Gasteiger partial charge in [0.05, 0.1) is 0 Å². The summed E-state index contributed by atoms with van der Waals surface area (Å²) in [6.07, 6.45) is 1.28. The van der Waals surface area contributed by atoms with E-state index in [1.54, 1.807) is 0 Å². The van der Waals surface area contributed by atoms with Crippen molar-refractivity contribution in [3.8, 4) is 0 Å². The Balaban J connectivity index is 4.41. The molecule has 0 saturated heterocycles. The van der Waals surface area contributed by atoms with Crippen LogP contribution in [0.3, 0.4) is 0 Å². The molecule has 0 radical (unpaired) electrons. The number of rotatable bonds is 5. The molecule has 1 unspecified atom stereocenters. The van der Waals surface area contributed by atoms with Gasteiger partial charge in [0.1, 0.15) is 0 Å². The maximum Gasteiger partial charge on any atom is 0.0143 e. The monoisotopic (exact) mass is 185 g/mol. The Morgan fingerprint density at radius 2 is 1.46 bits per heavy atom. The van der Waals surface area contributed by atoms with E-state index in [1.807, 2.05) is 0 Å². The molecule has 1 heteroatoms. The van der Waals surface area contributed by atoms with E-state index in [-0.39, 0.29) is 0 Å². The molecule has 0 saturated carbocycles. The molecule has 0 aromatic carbocycles. The van der Waals surface area contributed by atoms with Gasteiger partial charge < -0.3 is 4.90 Å². The lowest BCUT2D eigenvalue weighted by atomic mass is 9.88. The zero-order valence-corrected chi connectivity index (χ0v) is 10.5. The lowest BCUT2D eigenvalue weighted by molar-refractivity contribution is 0.105. The van der Waals surface area contributed by atoms with Gasteiger partial charge in [0, 0.05) is 12.1 Å². The quantitative estimate of drug-likeness (QED) is 0.634. The first-order chi connectivity index (χ1) is 5.91. The van der Waals surface area contributed by atoms with Crippen LogP contribution in [0.15, 0.2) is 0 Å². The zero-order chi connectivity index (χ0) is 10.6. The van der Waals surface area contributed by atoms with Crippen LogP contribution in [0.5, 0.6) is 0 Å². The molecule has 80 valence electrons. The minimum atomic E-state index is 0.654. The summed E-state index contributed by atoms with van der Waals surface area (Å²) in [7, 11) is 2.25. The van der Waals surface area contributed by atoms with Gasteiger partial charge in [-0.05, 0) is 32.7 Å². The Hall–Kier alpha value is -0.0400. The first-order valence-electron chi connectivity index (χ1n) is 5.63. The Bertz CT molecular complexity index is 129. The largest absolute Gasteiger partial charge is 0.301 e. The first kappa shape index (κ1) is 13.0. The lowest BCUT2D eigenvalue weighted by Crippen LogP contribution is -2.44. The summed E-state index contributed by atoms with van der Waals surface area (Å²) in [6, 6.07) is 1.38. The van der Waals surface area contributed by atoms with Crippen LogP contribution in [0.4, 0.5) is 0 Å². The summed E-state index contributed by atoms with van der Waals surface area (Å²) < 4.78 is 0. The molecular weight excluding hydrogens is 158 g/mol. The topological polar surface area (TPSA) is 3.24 Å². The number of nitrogens with zero attached hydrogens (tertiary/aromatic N) is 1. The van der Waals surface area contributed by atoms with Crippen molar-refractivity contribution in [2.24, 2.45) is 11.8 Å². The van der Waals surface area contributed by atoms with E-state index in [4.69, 9.17) is 0 Å². The fraction of sp³-hybridized carbons (Fsp3) is 1.00. The molecule has 0 N–H and O–H groups in total. The molecule has 13 heavy (non-hydrogen) atoms. The minimum absolute atomic E-state index is 0.654. The zero-order valence-electron chi connectivity index (χ0n) is 10.5. The van der Waals surface area contributed by atoms with Gasteiger partial charge in [-0.1, -0.05) is 34.1 Å². The van der Waals surface area contributed by atoms with Crippen LogP contribution in [-0.2, 0) is 0 Å². The van der Waals surface area contributed by atoms with Crippen LogP contribution in [0.2, 0.25) is 0 Å². The van der Waals surface area contributed by atoms with Crippen LogP contribution in [0, 0.1) is 11.8 Å². The summed E-state index contributed by atoms with van der Waals surface area (Å²) in [5.74, 6) is 1.55. The van der Waals surface area contributed by atoms with Crippen molar-refractivity contribution >= 4 is 0 Å². The third-order valence-corrected chi connectivity index (χ3v) is 3.19. The van der Waals surface area contributed by atoms with Crippen molar-refractivity contribution in [2.75, 3.05) is 7.05 Å². The Morgan fingerprint density at radius 1 is 1.00 bits per heavy atom. The summed E-state index contributed by atoms with van der Waals surface area (Å²) in [4.78, 5) is 2.51. The summed E-state index contributed by atoms with van der Waals surface area (Å²) in [5.41, 5.74) is 0. The van der Waals surface area contributed by atoms with E-state index in [0.29, 0.717) is 6.04 Å². The van der Waals surface area contributed by atoms with Gasteiger partial charge in [0.25, 0.3) is 0 Å². The highest BCUT2D eigenvalue weighted by Gasteiger charge is 2.25. The third kappa shape index (κ3) is 3.68. The smallest absolute Gasteiger partial charge is 0.0143 e. The highest BCUT2D eigenvalue weighted by molar-refractivity contribution is 4.78. The highest BCUT2D eigenvalue weighted by Crippen LogP contribution is 2.22. The average Bonchev–Trinajstić information content (AvgIpc) is 2.03. The Labute approximate surface area is 84.5 Å². The molecule has 0 aromatic heterocycles. The van der Waals surface area contributed by atoms with Crippen molar-refractivity contribution in [3.05, 3.63) is 0 Å². The lowest BCUT2D eigenvalue weighted by Gasteiger charge is -2.38. The van der Waals surface area contributed by atoms with Crippen LogP contribution in [-0.4, -0.2) is 24.0 Å². The van der Waals surface area contributed by atoms with Crippen LogP contribution < -0.4 is 0 Å². The summed E-state index contributed by atoms with van der Waals surface area (Å²) in [6.45, 7) is 13.9. The SMILES string of the molecule is CCC(C)[C@@H](C(C)C)N(C)C(C)C. The van der Waals surface area contributed by atoms with Gasteiger partial charge in [-0.3, -0.25) is 0 Å². The predicted molar refractivity (Wildman–Crippen MR) is 61.0 cm³/mol. The minimum Gasteiger partial charge on any atom is -0.301 e. The second-order valence-electron chi connectivity index (χ2n) is 4.88. The number of hydrogen-bond donors (Lipinski definition) is 0. The van der Waals surface area contributed by atoms with Crippen molar-refractivity contribution in [2.45, 2.75) is 60.0 Å². The highest BCUT2D eigenvalue weighted by atomic mass is 15.2. The van der Waals surface area contributed by atoms with E-state index >= 15 is 0 Å². The molecule has 0 fully saturated rings. The molecule has 0 aliphatic rings. The van der Waals surface area contributed by atoms with E-state index in [0.717, 1.165) is 17.9 Å². The molecule has 1 nitrogen and oxygen atoms in total. The second kappa shape index (κ2) is 5.64. The Kier molecular flexibility index (Phi) is 5.62. The maximum absolute atomic E-state index is 2.51. The molecule has 0 rings (SSSR count). The van der Waals surface area contributed by atoms with Gasteiger partial charge in [-0.25, -0.2) is 0 Å². The molecule has 0 aliphatic carbocycles. The van der Waals surface area contributed by atoms with Gasteiger partial charge in [-0.15, -0.1) is 0 Å². The fourth-order valence-electron chi connectivity index (χ4n) is 2.11. The third-order valence-electron chi connectivity index (χ3n) is 3.19. The molecule has 0 spiro atoms. The maximum atomic E-state index is 2.51. The van der Waals surface area contributed by atoms with Crippen LogP contribution in [0.25, 0.3) is 0 Å². The van der Waals surface area contributed by atoms with Gasteiger partial charge >= 0.3 is 0 Å². The van der Waals surface area contributed by atoms with Crippen molar-refractivity contribution in [3.63, 3.8) is 0 Å². The van der Waals surface area contributed by atoms with Crippen molar-refractivity contribution in [1.82, 2.24) is 4.90 Å². The van der Waals surface area contributed by atoms with Crippen LogP contribution >= 0.6 is 0 Å². The van der Waals surface area contributed by atoms with E-state index in [1.165, 1.54) is 6.42 Å². The molecule has 0 aromatic rings. The van der Waals surface area contributed by atoms with Crippen molar-refractivity contribution in [1.29, 1.82) is 0 Å². The van der Waals surface area contributed by atoms with Gasteiger partial charge in [0.2, 0.25) is 0 Å². The van der Waals surface area contributed by atoms with E-state index in [9.17, 15) is 0 Å². The standard InChI is InChI=1S/C12H27N/c1-8-11(6)12(9(2)3)13(7)10(4)5/h9-12H,8H2,1-7H3/t11?,12-/m1/s1. The fourth-order valence-corrected chi connectivity index (χ4v) is 2.11. The first-order valence-corrected chi connectivity index (χ1v) is 5.63. The molecule has 0 aliphatic heterocycles. The van der Waals surface area contributed by atoms with Gasteiger partial charge in [-0.2, -0.15) is 0 Å². The van der Waals surface area contributed by atoms with Crippen molar-refractivity contribution < 1.29 is 0 Å². The predicted octanol–water partition coefficient (Wildman–Crippen LogP) is 3.40. The van der Waals surface area contributed by atoms with Gasteiger partial charge in [0.15, 0.2) is 0 Å². The van der Waals surface area contributed by atoms with E-state index in [2.05, 4.69) is 53.5 Å². The molecule has 0 amide bonds. The van der Waals surface area contributed by atoms with E-state index < -0.39 is 0 Å². The average molecular weight is 185 g/mol. The normalized spacial score (nSPS) is 17.1. The summed E-state index contributed by atoms with van der Waals surface area (Å²) in [5, 5.41) is 0. The molecule has 0 heterocycles. The molecular formula is C12H27N. The molecule has 2 atom stereocenters. The Morgan fingerprint density at radius 3 is 1.69 bits per heavy atom.